The molecule has 1 aliphatic heterocycles. The number of amides is 2. The molecule has 0 fully saturated rings. The van der Waals surface area contributed by atoms with Crippen LogP contribution in [0.3, 0.4) is 0 Å². The van der Waals surface area contributed by atoms with Crippen LogP contribution in [-0.4, -0.2) is 16.8 Å². The Hall–Kier alpha value is -3.15. The second-order valence-electron chi connectivity index (χ2n) is 7.48. The first kappa shape index (κ1) is 18.2. The average molecular weight is 379 g/mol. The number of anilines is 1. The molecule has 0 spiro atoms. The van der Waals surface area contributed by atoms with Crippen molar-refractivity contribution >= 4 is 28.4 Å². The average Bonchev–Trinajstić information content (AvgIpc) is 2.94. The van der Waals surface area contributed by atoms with Crippen molar-refractivity contribution in [1.29, 1.82) is 0 Å². The van der Waals surface area contributed by atoms with Crippen molar-refractivity contribution in [3.8, 4) is 0 Å². The molecular formula is C22H22FN3O2. The van der Waals surface area contributed by atoms with E-state index in [-0.39, 0.29) is 18.2 Å². The number of H-pyrrole nitrogens is 1. The van der Waals surface area contributed by atoms with Crippen molar-refractivity contribution in [2.24, 2.45) is 0 Å². The first-order chi connectivity index (χ1) is 13.3. The summed E-state index contributed by atoms with van der Waals surface area (Å²) in [4.78, 5) is 28.2. The molecule has 0 radical (unpaired) electrons. The normalized spacial score (nSPS) is 16.0. The Balaban J connectivity index is 1.61. The zero-order valence-corrected chi connectivity index (χ0v) is 16.1. The molecule has 2 amide bonds. The van der Waals surface area contributed by atoms with Crippen molar-refractivity contribution < 1.29 is 14.0 Å². The second kappa shape index (κ2) is 6.78. The lowest BCUT2D eigenvalue weighted by molar-refractivity contribution is -0.126. The number of carbonyl (C=O) groups is 2. The molecule has 1 aliphatic rings. The van der Waals surface area contributed by atoms with Crippen molar-refractivity contribution in [3.63, 3.8) is 0 Å². The van der Waals surface area contributed by atoms with Gasteiger partial charge in [-0.25, -0.2) is 4.39 Å². The fourth-order valence-electron chi connectivity index (χ4n) is 3.90. The minimum Gasteiger partial charge on any atom is -0.358 e. The smallest absolute Gasteiger partial charge is 0.228 e. The number of benzene rings is 2. The molecule has 0 aliphatic carbocycles. The van der Waals surface area contributed by atoms with Crippen molar-refractivity contribution in [1.82, 2.24) is 10.3 Å². The lowest BCUT2D eigenvalue weighted by Crippen LogP contribution is -2.34. The number of aromatic nitrogens is 1. The molecule has 5 nitrogen and oxygen atoms in total. The van der Waals surface area contributed by atoms with Gasteiger partial charge in [-0.15, -0.1) is 0 Å². The molecule has 1 atom stereocenters. The number of hydrogen-bond donors (Lipinski definition) is 3. The fraction of sp³-hybridized carbons (Fsp3) is 0.273. The molecule has 0 saturated heterocycles. The lowest BCUT2D eigenvalue weighted by Gasteiger charge is -2.25. The zero-order chi connectivity index (χ0) is 20.0. The van der Waals surface area contributed by atoms with Gasteiger partial charge in [0.1, 0.15) is 5.82 Å². The summed E-state index contributed by atoms with van der Waals surface area (Å²) >= 11 is 0. The summed E-state index contributed by atoms with van der Waals surface area (Å²) in [6.45, 7) is 6.46. The summed E-state index contributed by atoms with van der Waals surface area (Å²) in [6.07, 6.45) is 0.00618. The summed E-state index contributed by atoms with van der Waals surface area (Å²) in [5.41, 5.74) is 6.40. The molecule has 28 heavy (non-hydrogen) atoms. The Kier molecular flexibility index (Phi) is 4.41. The fourth-order valence-corrected chi connectivity index (χ4v) is 3.90. The van der Waals surface area contributed by atoms with Gasteiger partial charge in [0, 0.05) is 29.7 Å². The molecule has 0 saturated carbocycles. The lowest BCUT2D eigenvalue weighted by atomic mass is 9.89. The van der Waals surface area contributed by atoms with E-state index >= 15 is 0 Å². The van der Waals surface area contributed by atoms with Gasteiger partial charge in [-0.3, -0.25) is 9.59 Å². The van der Waals surface area contributed by atoms with Gasteiger partial charge in [0.2, 0.25) is 11.8 Å². The number of hydrogen-bond acceptors (Lipinski definition) is 2. The number of carbonyl (C=O) groups excluding carboxylic acids is 2. The number of nitrogens with one attached hydrogen (secondary N) is 3. The first-order valence-corrected chi connectivity index (χ1v) is 9.29. The van der Waals surface area contributed by atoms with E-state index in [9.17, 15) is 14.0 Å². The zero-order valence-electron chi connectivity index (χ0n) is 16.1. The molecule has 1 unspecified atom stereocenters. The van der Waals surface area contributed by atoms with E-state index in [0.717, 1.165) is 27.7 Å². The topological polar surface area (TPSA) is 74.0 Å². The predicted molar refractivity (Wildman–Crippen MR) is 107 cm³/mol. The highest BCUT2D eigenvalue weighted by Gasteiger charge is 2.31. The van der Waals surface area contributed by atoms with Crippen molar-refractivity contribution in [2.75, 3.05) is 5.32 Å². The molecule has 6 heteroatoms. The van der Waals surface area contributed by atoms with Crippen LogP contribution in [0.1, 0.15) is 40.3 Å². The summed E-state index contributed by atoms with van der Waals surface area (Å²) < 4.78 is 13.7. The molecule has 1 aromatic heterocycles. The van der Waals surface area contributed by atoms with E-state index in [2.05, 4.69) is 28.6 Å². The van der Waals surface area contributed by atoms with Crippen LogP contribution < -0.4 is 10.6 Å². The Morgan fingerprint density at radius 1 is 1.21 bits per heavy atom. The maximum absolute atomic E-state index is 13.7. The van der Waals surface area contributed by atoms with Gasteiger partial charge in [-0.05, 0) is 61.7 Å². The number of rotatable bonds is 3. The third kappa shape index (κ3) is 3.15. The van der Waals surface area contributed by atoms with Crippen molar-refractivity contribution in [2.45, 2.75) is 39.7 Å². The van der Waals surface area contributed by atoms with Crippen LogP contribution in [0.2, 0.25) is 0 Å². The molecule has 2 heterocycles. The van der Waals surface area contributed by atoms with Crippen LogP contribution in [0.25, 0.3) is 10.9 Å². The van der Waals surface area contributed by atoms with E-state index in [4.69, 9.17) is 0 Å². The van der Waals surface area contributed by atoms with Crippen LogP contribution in [0, 0.1) is 26.6 Å². The Bertz CT molecular complexity index is 1120. The first-order valence-electron chi connectivity index (χ1n) is 9.29. The van der Waals surface area contributed by atoms with Crippen LogP contribution in [0.15, 0.2) is 30.3 Å². The van der Waals surface area contributed by atoms with Gasteiger partial charge in [0.25, 0.3) is 0 Å². The van der Waals surface area contributed by atoms with Crippen LogP contribution in [0.5, 0.6) is 0 Å². The van der Waals surface area contributed by atoms with Crippen LogP contribution in [0.4, 0.5) is 10.1 Å². The standard InChI is InChI=1S/C22H22FN3O2/c1-11-6-14(21-16(7-11)12(2)13(3)25-21)10-24-22(28)18-9-20(27)26-19-5-4-15(23)8-17(18)19/h4-8,18,25H,9-10H2,1-3H3,(H,24,28)(H,26,27). The Labute approximate surface area is 162 Å². The Morgan fingerprint density at radius 3 is 2.79 bits per heavy atom. The third-order valence-electron chi connectivity index (χ3n) is 5.47. The van der Waals surface area contributed by atoms with Gasteiger partial charge >= 0.3 is 0 Å². The van der Waals surface area contributed by atoms with E-state index in [0.29, 0.717) is 17.8 Å². The molecular weight excluding hydrogens is 357 g/mol. The molecule has 144 valence electrons. The SMILES string of the molecule is Cc1cc(CNC(=O)C2CC(=O)Nc3ccc(F)cc32)c2[nH]c(C)c(C)c2c1. The summed E-state index contributed by atoms with van der Waals surface area (Å²) in [6, 6.07) is 8.26. The maximum atomic E-state index is 13.7. The van der Waals surface area contributed by atoms with E-state index in [1.165, 1.54) is 23.8 Å². The largest absolute Gasteiger partial charge is 0.358 e. The van der Waals surface area contributed by atoms with Crippen molar-refractivity contribution in [3.05, 3.63) is 64.1 Å². The minimum atomic E-state index is -0.702. The highest BCUT2D eigenvalue weighted by molar-refractivity contribution is 6.01. The van der Waals surface area contributed by atoms with E-state index in [1.807, 2.05) is 19.9 Å². The number of aromatic amines is 1. The molecule has 4 rings (SSSR count). The highest BCUT2D eigenvalue weighted by atomic mass is 19.1. The number of fused-ring (bicyclic) bond motifs is 2. The predicted octanol–water partition coefficient (Wildman–Crippen LogP) is 3.97. The second-order valence-corrected chi connectivity index (χ2v) is 7.48. The summed E-state index contributed by atoms with van der Waals surface area (Å²) in [5, 5.41) is 6.78. The monoisotopic (exact) mass is 379 g/mol. The molecule has 0 bridgehead atoms. The van der Waals surface area contributed by atoms with Gasteiger partial charge in [0.05, 0.1) is 11.4 Å². The van der Waals surface area contributed by atoms with Crippen LogP contribution >= 0.6 is 0 Å². The van der Waals surface area contributed by atoms with Gasteiger partial charge in [-0.2, -0.15) is 0 Å². The maximum Gasteiger partial charge on any atom is 0.228 e. The van der Waals surface area contributed by atoms with Gasteiger partial charge in [-0.1, -0.05) is 11.6 Å². The van der Waals surface area contributed by atoms with E-state index < -0.39 is 11.7 Å². The summed E-state index contributed by atoms with van der Waals surface area (Å²) in [7, 11) is 0. The number of aryl methyl sites for hydroxylation is 3. The third-order valence-corrected chi connectivity index (χ3v) is 5.47. The molecule has 3 N–H and O–H groups in total. The van der Waals surface area contributed by atoms with Gasteiger partial charge in [0.15, 0.2) is 0 Å². The van der Waals surface area contributed by atoms with E-state index in [1.54, 1.807) is 0 Å². The van der Waals surface area contributed by atoms with Gasteiger partial charge < -0.3 is 15.6 Å². The van der Waals surface area contributed by atoms with Crippen LogP contribution in [-0.2, 0) is 16.1 Å². The Morgan fingerprint density at radius 2 is 2.00 bits per heavy atom. The number of halogens is 1. The highest BCUT2D eigenvalue weighted by Crippen LogP contribution is 2.33. The minimum absolute atomic E-state index is 0.00618. The molecule has 3 aromatic rings. The molecule has 2 aromatic carbocycles. The quantitative estimate of drug-likeness (QED) is 0.644. The summed E-state index contributed by atoms with van der Waals surface area (Å²) in [5.74, 6) is -1.65.